The van der Waals surface area contributed by atoms with Gasteiger partial charge in [-0.2, -0.15) is 0 Å². The molecule has 1 aliphatic rings. The predicted molar refractivity (Wildman–Crippen MR) is 55.3 cm³/mol. The first kappa shape index (κ1) is 10.2. The summed E-state index contributed by atoms with van der Waals surface area (Å²) in [4.78, 5) is 11.2. The minimum atomic E-state index is -0.562. The maximum Gasteiger partial charge on any atom is 0.306 e. The van der Waals surface area contributed by atoms with Gasteiger partial charge in [-0.25, -0.2) is 0 Å². The Morgan fingerprint density at radius 2 is 2.13 bits per heavy atom. The van der Waals surface area contributed by atoms with Crippen LogP contribution in [0, 0.1) is 0 Å². The molecule has 0 aromatic heterocycles. The average Bonchev–Trinajstić information content (AvgIpc) is 2.63. The van der Waals surface area contributed by atoms with Crippen LogP contribution in [0.3, 0.4) is 0 Å². The van der Waals surface area contributed by atoms with E-state index in [0.29, 0.717) is 19.4 Å². The number of cyclic esters (lactones) is 1. The Hall–Kier alpha value is -1.35. The molecule has 1 aromatic carbocycles. The van der Waals surface area contributed by atoms with E-state index in [2.05, 4.69) is 0 Å². The van der Waals surface area contributed by atoms with Crippen LogP contribution in [-0.4, -0.2) is 19.7 Å². The third kappa shape index (κ3) is 1.88. The van der Waals surface area contributed by atoms with Crippen LogP contribution in [0.5, 0.6) is 0 Å². The van der Waals surface area contributed by atoms with Crippen LogP contribution in [0.15, 0.2) is 30.3 Å². The molecule has 2 rings (SSSR count). The lowest BCUT2D eigenvalue weighted by atomic mass is 9.92. The number of esters is 1. The first-order chi connectivity index (χ1) is 7.27. The lowest BCUT2D eigenvalue weighted by Gasteiger charge is -2.27. The molecule has 0 N–H and O–H groups in total. The lowest BCUT2D eigenvalue weighted by Crippen LogP contribution is -2.31. The third-order valence-corrected chi connectivity index (χ3v) is 2.72. The largest absolute Gasteiger partial charge is 0.452 e. The third-order valence-electron chi connectivity index (χ3n) is 2.72. The quantitative estimate of drug-likeness (QED) is 0.708. The van der Waals surface area contributed by atoms with Gasteiger partial charge in [-0.05, 0) is 5.56 Å². The number of rotatable bonds is 3. The summed E-state index contributed by atoms with van der Waals surface area (Å²) in [7, 11) is 1.62. The Kier molecular flexibility index (Phi) is 2.73. The molecule has 1 aromatic rings. The molecule has 1 fully saturated rings. The summed E-state index contributed by atoms with van der Waals surface area (Å²) in [6.07, 6.45) is 1.17. The average molecular weight is 206 g/mol. The number of methoxy groups -OCH3 is 1. The van der Waals surface area contributed by atoms with Gasteiger partial charge in [0.05, 0.1) is 6.61 Å². The van der Waals surface area contributed by atoms with Crippen molar-refractivity contribution in [3.63, 3.8) is 0 Å². The van der Waals surface area contributed by atoms with E-state index in [0.717, 1.165) is 5.56 Å². The molecule has 0 bridgehead atoms. The van der Waals surface area contributed by atoms with Gasteiger partial charge in [0.15, 0.2) is 5.60 Å². The molecule has 0 amide bonds. The summed E-state index contributed by atoms with van der Waals surface area (Å²) in [5.41, 5.74) is 0.449. The standard InChI is InChI=1S/C12H14O3/c1-14-9-12(8-7-11(13)15-12)10-5-3-2-4-6-10/h2-6H,7-9H2,1H3. The van der Waals surface area contributed by atoms with E-state index in [1.165, 1.54) is 0 Å². The smallest absolute Gasteiger partial charge is 0.306 e. The second kappa shape index (κ2) is 4.03. The minimum absolute atomic E-state index is 0.143. The summed E-state index contributed by atoms with van der Waals surface area (Å²) in [5.74, 6) is -0.143. The van der Waals surface area contributed by atoms with Gasteiger partial charge in [0.2, 0.25) is 0 Å². The van der Waals surface area contributed by atoms with Crippen LogP contribution in [0.4, 0.5) is 0 Å². The normalized spacial score (nSPS) is 25.3. The van der Waals surface area contributed by atoms with E-state index in [1.54, 1.807) is 7.11 Å². The number of ether oxygens (including phenoxy) is 2. The highest BCUT2D eigenvalue weighted by atomic mass is 16.6. The van der Waals surface area contributed by atoms with Crippen molar-refractivity contribution in [3.05, 3.63) is 35.9 Å². The highest BCUT2D eigenvalue weighted by Crippen LogP contribution is 2.36. The molecule has 1 saturated heterocycles. The Bertz CT molecular complexity index is 347. The van der Waals surface area contributed by atoms with E-state index in [-0.39, 0.29) is 5.97 Å². The minimum Gasteiger partial charge on any atom is -0.452 e. The molecule has 1 aliphatic heterocycles. The van der Waals surface area contributed by atoms with Crippen LogP contribution in [0.2, 0.25) is 0 Å². The molecule has 0 spiro atoms. The van der Waals surface area contributed by atoms with Crippen LogP contribution in [0.1, 0.15) is 18.4 Å². The van der Waals surface area contributed by atoms with Crippen molar-refractivity contribution in [1.82, 2.24) is 0 Å². The molecule has 80 valence electrons. The maximum absolute atomic E-state index is 11.2. The molecule has 1 heterocycles. The van der Waals surface area contributed by atoms with Gasteiger partial charge in [0.1, 0.15) is 0 Å². The van der Waals surface area contributed by atoms with Crippen molar-refractivity contribution in [1.29, 1.82) is 0 Å². The summed E-state index contributed by atoms with van der Waals surface area (Å²) < 4.78 is 10.6. The summed E-state index contributed by atoms with van der Waals surface area (Å²) in [6, 6.07) is 9.77. The molecule has 0 aliphatic carbocycles. The van der Waals surface area contributed by atoms with Crippen LogP contribution in [0.25, 0.3) is 0 Å². The number of benzene rings is 1. The summed E-state index contributed by atoms with van der Waals surface area (Å²) in [5, 5.41) is 0. The van der Waals surface area contributed by atoms with E-state index in [1.807, 2.05) is 30.3 Å². The lowest BCUT2D eigenvalue weighted by molar-refractivity contribution is -0.153. The van der Waals surface area contributed by atoms with E-state index in [4.69, 9.17) is 9.47 Å². The fourth-order valence-corrected chi connectivity index (χ4v) is 1.99. The molecule has 0 radical (unpaired) electrons. The number of hydrogen-bond donors (Lipinski definition) is 0. The zero-order valence-corrected chi connectivity index (χ0v) is 8.73. The predicted octanol–water partition coefficient (Wildman–Crippen LogP) is 1.87. The SMILES string of the molecule is COCC1(c2ccccc2)CCC(=O)O1. The Labute approximate surface area is 89.0 Å². The van der Waals surface area contributed by atoms with Crippen molar-refractivity contribution in [3.8, 4) is 0 Å². The van der Waals surface area contributed by atoms with Gasteiger partial charge in [-0.3, -0.25) is 4.79 Å². The van der Waals surface area contributed by atoms with Crippen molar-refractivity contribution < 1.29 is 14.3 Å². The van der Waals surface area contributed by atoms with Gasteiger partial charge < -0.3 is 9.47 Å². The topological polar surface area (TPSA) is 35.5 Å². The van der Waals surface area contributed by atoms with E-state index in [9.17, 15) is 4.79 Å². The molecule has 1 unspecified atom stereocenters. The van der Waals surface area contributed by atoms with E-state index >= 15 is 0 Å². The van der Waals surface area contributed by atoms with Gasteiger partial charge in [-0.1, -0.05) is 30.3 Å². The van der Waals surface area contributed by atoms with Crippen LogP contribution >= 0.6 is 0 Å². The highest BCUT2D eigenvalue weighted by Gasteiger charge is 2.41. The van der Waals surface area contributed by atoms with Gasteiger partial charge >= 0.3 is 5.97 Å². The van der Waals surface area contributed by atoms with Crippen molar-refractivity contribution in [2.45, 2.75) is 18.4 Å². The zero-order valence-electron chi connectivity index (χ0n) is 8.73. The van der Waals surface area contributed by atoms with Crippen LogP contribution in [-0.2, 0) is 19.9 Å². The first-order valence-electron chi connectivity index (χ1n) is 5.03. The van der Waals surface area contributed by atoms with Gasteiger partial charge in [-0.15, -0.1) is 0 Å². The molecule has 1 atom stereocenters. The maximum atomic E-state index is 11.2. The Balaban J connectivity index is 2.31. The molecular formula is C12H14O3. The molecule has 3 nitrogen and oxygen atoms in total. The zero-order chi connectivity index (χ0) is 10.7. The fourth-order valence-electron chi connectivity index (χ4n) is 1.99. The molecule has 0 saturated carbocycles. The summed E-state index contributed by atoms with van der Waals surface area (Å²) >= 11 is 0. The van der Waals surface area contributed by atoms with Crippen molar-refractivity contribution in [2.75, 3.05) is 13.7 Å². The Morgan fingerprint density at radius 3 is 2.67 bits per heavy atom. The monoisotopic (exact) mass is 206 g/mol. The van der Waals surface area contributed by atoms with Gasteiger partial charge in [0, 0.05) is 20.0 Å². The molecular weight excluding hydrogens is 192 g/mol. The van der Waals surface area contributed by atoms with E-state index < -0.39 is 5.60 Å². The summed E-state index contributed by atoms with van der Waals surface area (Å²) in [6.45, 7) is 0.419. The van der Waals surface area contributed by atoms with Crippen molar-refractivity contribution >= 4 is 5.97 Å². The molecule has 3 heteroatoms. The van der Waals surface area contributed by atoms with Crippen LogP contribution < -0.4 is 0 Å². The number of carbonyl (C=O) groups excluding carboxylic acids is 1. The van der Waals surface area contributed by atoms with Gasteiger partial charge in [0.25, 0.3) is 0 Å². The number of carbonyl (C=O) groups is 1. The highest BCUT2D eigenvalue weighted by molar-refractivity contribution is 5.72. The number of hydrogen-bond acceptors (Lipinski definition) is 3. The second-order valence-electron chi connectivity index (χ2n) is 3.77. The first-order valence-corrected chi connectivity index (χ1v) is 5.03. The molecule has 15 heavy (non-hydrogen) atoms. The fraction of sp³-hybridized carbons (Fsp3) is 0.417. The second-order valence-corrected chi connectivity index (χ2v) is 3.77. The van der Waals surface area contributed by atoms with Crippen molar-refractivity contribution in [2.24, 2.45) is 0 Å². The Morgan fingerprint density at radius 1 is 1.40 bits per heavy atom.